The topological polar surface area (TPSA) is 87.8 Å². The molecule has 0 atom stereocenters. The Morgan fingerprint density at radius 2 is 1.88 bits per heavy atom. The average Bonchev–Trinajstić information content (AvgIpc) is 3.26. The Balaban J connectivity index is 1.78. The number of aromatic nitrogens is 3. The third-order valence-corrected chi connectivity index (χ3v) is 5.69. The van der Waals surface area contributed by atoms with E-state index < -0.39 is 5.97 Å². The van der Waals surface area contributed by atoms with E-state index in [-0.39, 0.29) is 6.61 Å². The molecule has 164 valence electrons. The quantitative estimate of drug-likeness (QED) is 0.398. The first kappa shape index (κ1) is 21.6. The Labute approximate surface area is 189 Å². The van der Waals surface area contributed by atoms with Crippen molar-refractivity contribution >= 4 is 29.5 Å². The molecule has 0 saturated heterocycles. The van der Waals surface area contributed by atoms with Crippen LogP contribution in [-0.2, 0) is 9.53 Å². The van der Waals surface area contributed by atoms with Crippen LogP contribution < -0.4 is 9.47 Å². The number of methoxy groups -OCH3 is 2. The first-order chi connectivity index (χ1) is 15.6. The van der Waals surface area contributed by atoms with E-state index in [1.165, 1.54) is 11.8 Å². The standard InChI is InChI=1S/C23H22N4O4S/c1-4-31-22(28)18(13-16-7-5-6-8-20(16)30-3)19-14-32-23-25-24-21(27(23)26-19)15-9-11-17(29-2)12-10-15/h5-13H,4,14H2,1-3H3. The van der Waals surface area contributed by atoms with Gasteiger partial charge >= 0.3 is 5.97 Å². The second-order valence-corrected chi connectivity index (χ2v) is 7.64. The zero-order chi connectivity index (χ0) is 22.5. The molecule has 32 heavy (non-hydrogen) atoms. The summed E-state index contributed by atoms with van der Waals surface area (Å²) in [6.07, 6.45) is 1.75. The number of hydrogen-bond acceptors (Lipinski definition) is 8. The van der Waals surface area contributed by atoms with Gasteiger partial charge in [-0.15, -0.1) is 10.2 Å². The molecule has 0 N–H and O–H groups in total. The van der Waals surface area contributed by atoms with Gasteiger partial charge < -0.3 is 14.2 Å². The summed E-state index contributed by atoms with van der Waals surface area (Å²) in [5.41, 5.74) is 2.53. The predicted octanol–water partition coefficient (Wildman–Crippen LogP) is 3.92. The maximum absolute atomic E-state index is 12.8. The van der Waals surface area contributed by atoms with Crippen LogP contribution in [0.3, 0.4) is 0 Å². The van der Waals surface area contributed by atoms with Gasteiger partial charge in [0.2, 0.25) is 5.16 Å². The third-order valence-electron chi connectivity index (χ3n) is 4.76. The van der Waals surface area contributed by atoms with Crippen molar-refractivity contribution in [3.63, 3.8) is 0 Å². The van der Waals surface area contributed by atoms with Gasteiger partial charge in [-0.2, -0.15) is 9.78 Å². The molecular formula is C23H22N4O4S. The zero-order valence-electron chi connectivity index (χ0n) is 17.9. The maximum atomic E-state index is 12.8. The molecule has 0 amide bonds. The number of hydrogen-bond donors (Lipinski definition) is 0. The number of fused-ring (bicyclic) bond motifs is 1. The number of thioether (sulfide) groups is 1. The summed E-state index contributed by atoms with van der Waals surface area (Å²) in [4.78, 5) is 12.8. The van der Waals surface area contributed by atoms with Crippen LogP contribution in [0.15, 0.2) is 64.4 Å². The summed E-state index contributed by atoms with van der Waals surface area (Å²) >= 11 is 1.46. The molecule has 0 radical (unpaired) electrons. The summed E-state index contributed by atoms with van der Waals surface area (Å²) in [5.74, 6) is 1.99. The molecule has 3 aromatic rings. The number of ether oxygens (including phenoxy) is 3. The first-order valence-electron chi connectivity index (χ1n) is 9.97. The van der Waals surface area contributed by atoms with E-state index >= 15 is 0 Å². The molecule has 0 bridgehead atoms. The molecule has 0 fully saturated rings. The highest BCUT2D eigenvalue weighted by molar-refractivity contribution is 7.99. The fourth-order valence-corrected chi connectivity index (χ4v) is 4.02. The van der Waals surface area contributed by atoms with Crippen molar-refractivity contribution in [1.82, 2.24) is 14.9 Å². The van der Waals surface area contributed by atoms with Gasteiger partial charge in [0.25, 0.3) is 0 Å². The van der Waals surface area contributed by atoms with E-state index in [0.29, 0.717) is 33.8 Å². The summed E-state index contributed by atoms with van der Waals surface area (Å²) < 4.78 is 17.6. The molecule has 1 aliphatic rings. The van der Waals surface area contributed by atoms with Crippen LogP contribution in [-0.4, -0.2) is 53.1 Å². The Bertz CT molecular complexity index is 1180. The molecule has 8 nitrogen and oxygen atoms in total. The van der Waals surface area contributed by atoms with E-state index in [2.05, 4.69) is 10.2 Å². The van der Waals surface area contributed by atoms with Crippen molar-refractivity contribution in [3.8, 4) is 22.9 Å². The van der Waals surface area contributed by atoms with Crippen LogP contribution in [0.4, 0.5) is 0 Å². The Morgan fingerprint density at radius 3 is 2.59 bits per heavy atom. The normalized spacial score (nSPS) is 13.2. The zero-order valence-corrected chi connectivity index (χ0v) is 18.8. The lowest BCUT2D eigenvalue weighted by atomic mass is 10.1. The number of carbonyl (C=O) groups is 1. The van der Waals surface area contributed by atoms with Crippen LogP contribution in [0.1, 0.15) is 12.5 Å². The Hall–Kier alpha value is -3.59. The number of benzene rings is 2. The molecule has 9 heteroatoms. The van der Waals surface area contributed by atoms with E-state index in [1.807, 2.05) is 48.5 Å². The average molecular weight is 451 g/mol. The number of esters is 1. The van der Waals surface area contributed by atoms with Crippen LogP contribution in [0.2, 0.25) is 0 Å². The van der Waals surface area contributed by atoms with E-state index in [9.17, 15) is 4.79 Å². The molecule has 0 saturated carbocycles. The van der Waals surface area contributed by atoms with Crippen molar-refractivity contribution in [2.75, 3.05) is 26.6 Å². The highest BCUT2D eigenvalue weighted by Crippen LogP contribution is 2.30. The summed E-state index contributed by atoms with van der Waals surface area (Å²) in [6, 6.07) is 15.0. The van der Waals surface area contributed by atoms with Gasteiger partial charge in [-0.25, -0.2) is 4.79 Å². The number of carbonyl (C=O) groups excluding carboxylic acids is 1. The molecule has 2 heterocycles. The highest BCUT2D eigenvalue weighted by atomic mass is 32.2. The number of rotatable bonds is 7. The van der Waals surface area contributed by atoms with Crippen LogP contribution in [0.5, 0.6) is 11.5 Å². The SMILES string of the molecule is CCOC(=O)C(=Cc1ccccc1OC)C1=Nn2c(nnc2-c2ccc(OC)cc2)SC1. The lowest BCUT2D eigenvalue weighted by molar-refractivity contribution is -0.137. The van der Waals surface area contributed by atoms with Crippen LogP contribution in [0.25, 0.3) is 17.5 Å². The van der Waals surface area contributed by atoms with Gasteiger partial charge in [0.05, 0.1) is 32.1 Å². The molecular weight excluding hydrogens is 428 g/mol. The second kappa shape index (κ2) is 9.69. The minimum Gasteiger partial charge on any atom is -0.497 e. The Morgan fingerprint density at radius 1 is 1.09 bits per heavy atom. The smallest absolute Gasteiger partial charge is 0.340 e. The van der Waals surface area contributed by atoms with Crippen molar-refractivity contribution < 1.29 is 19.0 Å². The summed E-state index contributed by atoms with van der Waals surface area (Å²) in [7, 11) is 3.21. The van der Waals surface area contributed by atoms with Crippen LogP contribution >= 0.6 is 11.8 Å². The molecule has 1 aliphatic heterocycles. The summed E-state index contributed by atoms with van der Waals surface area (Å²) in [6.45, 7) is 2.03. The van der Waals surface area contributed by atoms with Gasteiger partial charge in [-0.3, -0.25) is 0 Å². The predicted molar refractivity (Wildman–Crippen MR) is 123 cm³/mol. The van der Waals surface area contributed by atoms with Gasteiger partial charge in [-0.1, -0.05) is 30.0 Å². The third kappa shape index (κ3) is 4.38. The Kier molecular flexibility index (Phi) is 6.55. The second-order valence-electron chi connectivity index (χ2n) is 6.70. The lowest BCUT2D eigenvalue weighted by Crippen LogP contribution is -2.21. The molecule has 0 aliphatic carbocycles. The highest BCUT2D eigenvalue weighted by Gasteiger charge is 2.26. The maximum Gasteiger partial charge on any atom is 0.340 e. The largest absolute Gasteiger partial charge is 0.497 e. The molecule has 0 unspecified atom stereocenters. The van der Waals surface area contributed by atoms with Crippen molar-refractivity contribution in [3.05, 3.63) is 59.7 Å². The molecule has 0 spiro atoms. The molecule has 2 aromatic carbocycles. The number of nitrogens with zero attached hydrogens (tertiary/aromatic N) is 4. The van der Waals surface area contributed by atoms with Crippen LogP contribution in [0, 0.1) is 0 Å². The minimum absolute atomic E-state index is 0.261. The van der Waals surface area contributed by atoms with E-state index in [1.54, 1.807) is 31.9 Å². The van der Waals surface area contributed by atoms with Gasteiger partial charge in [0.1, 0.15) is 11.5 Å². The van der Waals surface area contributed by atoms with Gasteiger partial charge in [0, 0.05) is 16.9 Å². The molecule has 1 aromatic heterocycles. The van der Waals surface area contributed by atoms with Gasteiger partial charge in [-0.05, 0) is 43.3 Å². The van der Waals surface area contributed by atoms with E-state index in [4.69, 9.17) is 19.3 Å². The first-order valence-corrected chi connectivity index (χ1v) is 11.0. The molecule has 4 rings (SSSR count). The lowest BCUT2D eigenvalue weighted by Gasteiger charge is -2.16. The van der Waals surface area contributed by atoms with Crippen molar-refractivity contribution in [1.29, 1.82) is 0 Å². The number of para-hydroxylation sites is 1. The minimum atomic E-state index is -0.444. The van der Waals surface area contributed by atoms with E-state index in [0.717, 1.165) is 16.9 Å². The summed E-state index contributed by atoms with van der Waals surface area (Å²) in [5, 5.41) is 13.9. The fourth-order valence-electron chi connectivity index (χ4n) is 3.19. The van der Waals surface area contributed by atoms with Gasteiger partial charge in [0.15, 0.2) is 5.82 Å². The van der Waals surface area contributed by atoms with Crippen molar-refractivity contribution in [2.24, 2.45) is 5.10 Å². The monoisotopic (exact) mass is 450 g/mol. The van der Waals surface area contributed by atoms with Crippen molar-refractivity contribution in [2.45, 2.75) is 12.1 Å². The fraction of sp³-hybridized carbons (Fsp3) is 0.217.